The van der Waals surface area contributed by atoms with Gasteiger partial charge in [-0.25, -0.2) is 9.78 Å². The van der Waals surface area contributed by atoms with E-state index < -0.39 is 5.97 Å². The molecular formula is C13H14N2O3S. The minimum atomic E-state index is -1.02. The Morgan fingerprint density at radius 3 is 2.84 bits per heavy atom. The Kier molecular flexibility index (Phi) is 3.53. The summed E-state index contributed by atoms with van der Waals surface area (Å²) in [5.41, 5.74) is 1.21. The number of nitrogens with zero attached hydrogens (tertiary/aromatic N) is 2. The quantitative estimate of drug-likeness (QED) is 0.872. The van der Waals surface area contributed by atoms with Crippen molar-refractivity contribution in [2.75, 3.05) is 0 Å². The normalized spacial score (nSPS) is 10.8. The van der Waals surface area contributed by atoms with Crippen molar-refractivity contribution in [3.05, 3.63) is 39.3 Å². The van der Waals surface area contributed by atoms with Gasteiger partial charge in [0, 0.05) is 6.54 Å². The van der Waals surface area contributed by atoms with Crippen LogP contribution < -0.4 is 5.56 Å². The number of carboxylic acids is 1. The minimum Gasteiger partial charge on any atom is -0.477 e. The van der Waals surface area contributed by atoms with Crippen molar-refractivity contribution >= 4 is 27.5 Å². The lowest BCUT2D eigenvalue weighted by Crippen LogP contribution is -2.21. The Labute approximate surface area is 113 Å². The molecule has 0 radical (unpaired) electrons. The number of hydrogen-bond donors (Lipinski definition) is 1. The Balaban J connectivity index is 2.64. The van der Waals surface area contributed by atoms with E-state index in [4.69, 9.17) is 5.11 Å². The molecule has 0 amide bonds. The third kappa shape index (κ3) is 2.31. The number of allylic oxidation sites excluding steroid dienone is 1. The number of carboxylic acid groups (broad SMARTS) is 1. The highest BCUT2D eigenvalue weighted by Crippen LogP contribution is 2.26. The van der Waals surface area contributed by atoms with Crippen molar-refractivity contribution < 1.29 is 9.90 Å². The maximum Gasteiger partial charge on any atom is 0.346 e. The highest BCUT2D eigenvalue weighted by molar-refractivity contribution is 7.20. The van der Waals surface area contributed by atoms with Gasteiger partial charge in [-0.2, -0.15) is 0 Å². The average molecular weight is 278 g/mol. The van der Waals surface area contributed by atoms with Gasteiger partial charge < -0.3 is 5.11 Å². The average Bonchev–Trinajstić information content (AvgIpc) is 2.71. The van der Waals surface area contributed by atoms with E-state index in [0.717, 1.165) is 23.3 Å². The first-order valence-electron chi connectivity index (χ1n) is 5.84. The smallest absolute Gasteiger partial charge is 0.346 e. The first-order chi connectivity index (χ1) is 8.95. The third-order valence-electron chi connectivity index (χ3n) is 3.01. The van der Waals surface area contributed by atoms with Crippen molar-refractivity contribution in [1.29, 1.82) is 0 Å². The summed E-state index contributed by atoms with van der Waals surface area (Å²) in [6.07, 6.45) is 2.24. The topological polar surface area (TPSA) is 72.2 Å². The summed E-state index contributed by atoms with van der Waals surface area (Å²) in [4.78, 5) is 28.2. The van der Waals surface area contributed by atoms with E-state index in [9.17, 15) is 9.59 Å². The number of hydrogen-bond acceptors (Lipinski definition) is 4. The van der Waals surface area contributed by atoms with Crippen LogP contribution in [0.3, 0.4) is 0 Å². The lowest BCUT2D eigenvalue weighted by Gasteiger charge is -2.06. The molecule has 0 saturated heterocycles. The fraction of sp³-hybridized carbons (Fsp3) is 0.308. The largest absolute Gasteiger partial charge is 0.477 e. The first-order valence-corrected chi connectivity index (χ1v) is 6.65. The molecule has 0 aromatic carbocycles. The maximum atomic E-state index is 12.3. The molecule has 0 unspecified atom stereocenters. The summed E-state index contributed by atoms with van der Waals surface area (Å²) < 4.78 is 1.47. The van der Waals surface area contributed by atoms with Gasteiger partial charge in [0.15, 0.2) is 0 Å². The molecule has 2 aromatic rings. The molecule has 0 aliphatic carbocycles. The van der Waals surface area contributed by atoms with Crippen LogP contribution in [0.4, 0.5) is 0 Å². The van der Waals surface area contributed by atoms with Crippen molar-refractivity contribution in [3.8, 4) is 0 Å². The highest BCUT2D eigenvalue weighted by Gasteiger charge is 2.18. The molecule has 0 saturated carbocycles. The van der Waals surface area contributed by atoms with Gasteiger partial charge in [0.1, 0.15) is 9.71 Å². The number of aromatic carboxylic acids is 1. The SMILES string of the molecule is C=C(CC)Cn1cnc2sc(C(=O)O)c(C)c2c1=O. The van der Waals surface area contributed by atoms with E-state index >= 15 is 0 Å². The zero-order valence-corrected chi connectivity index (χ0v) is 11.6. The van der Waals surface area contributed by atoms with E-state index in [-0.39, 0.29) is 10.4 Å². The molecule has 1 N–H and O–H groups in total. The van der Waals surface area contributed by atoms with Gasteiger partial charge in [-0.05, 0) is 18.9 Å². The second-order valence-electron chi connectivity index (χ2n) is 4.32. The summed E-state index contributed by atoms with van der Waals surface area (Å²) in [5, 5.41) is 9.47. The molecule has 2 heterocycles. The fourth-order valence-electron chi connectivity index (χ4n) is 1.83. The van der Waals surface area contributed by atoms with Crippen LogP contribution in [0.15, 0.2) is 23.3 Å². The monoisotopic (exact) mass is 278 g/mol. The minimum absolute atomic E-state index is 0.173. The molecule has 0 aliphatic rings. The highest BCUT2D eigenvalue weighted by atomic mass is 32.1. The van der Waals surface area contributed by atoms with Crippen LogP contribution in [0, 0.1) is 6.92 Å². The van der Waals surface area contributed by atoms with Crippen LogP contribution in [0.5, 0.6) is 0 Å². The molecule has 0 aliphatic heterocycles. The van der Waals surface area contributed by atoms with Gasteiger partial charge >= 0.3 is 5.97 Å². The van der Waals surface area contributed by atoms with Crippen LogP contribution in [-0.2, 0) is 6.54 Å². The Bertz CT molecular complexity index is 727. The summed E-state index contributed by atoms with van der Waals surface area (Å²) in [5.74, 6) is -1.02. The molecule has 2 rings (SSSR count). The molecule has 0 bridgehead atoms. The van der Waals surface area contributed by atoms with E-state index in [1.165, 1.54) is 10.9 Å². The predicted molar refractivity (Wildman–Crippen MR) is 75.0 cm³/mol. The van der Waals surface area contributed by atoms with E-state index in [0.29, 0.717) is 22.3 Å². The summed E-state index contributed by atoms with van der Waals surface area (Å²) in [6.45, 7) is 7.89. The van der Waals surface area contributed by atoms with Gasteiger partial charge in [-0.1, -0.05) is 19.1 Å². The van der Waals surface area contributed by atoms with Crippen molar-refractivity contribution in [1.82, 2.24) is 9.55 Å². The standard InChI is InChI=1S/C13H14N2O3S/c1-4-7(2)5-15-6-14-11-9(12(15)16)8(3)10(19-11)13(17)18/h6H,2,4-5H2,1,3H3,(H,17,18). The van der Waals surface area contributed by atoms with Crippen molar-refractivity contribution in [3.63, 3.8) is 0 Å². The number of carbonyl (C=O) groups is 1. The van der Waals surface area contributed by atoms with Crippen LogP contribution in [-0.4, -0.2) is 20.6 Å². The molecule has 0 atom stereocenters. The second kappa shape index (κ2) is 4.97. The van der Waals surface area contributed by atoms with E-state index in [2.05, 4.69) is 11.6 Å². The predicted octanol–water partition coefficient (Wildman–Crippen LogP) is 2.43. The van der Waals surface area contributed by atoms with Gasteiger partial charge in [-0.3, -0.25) is 9.36 Å². The molecule has 100 valence electrons. The van der Waals surface area contributed by atoms with Crippen LogP contribution in [0.2, 0.25) is 0 Å². The molecule has 0 spiro atoms. The first kappa shape index (κ1) is 13.5. The van der Waals surface area contributed by atoms with Gasteiger partial charge in [-0.15, -0.1) is 11.3 Å². The molecular weight excluding hydrogens is 264 g/mol. The summed E-state index contributed by atoms with van der Waals surface area (Å²) in [6, 6.07) is 0. The van der Waals surface area contributed by atoms with Crippen molar-refractivity contribution in [2.45, 2.75) is 26.8 Å². The van der Waals surface area contributed by atoms with Gasteiger partial charge in [0.25, 0.3) is 5.56 Å². The molecule has 19 heavy (non-hydrogen) atoms. The Hall–Kier alpha value is -1.95. The summed E-state index contributed by atoms with van der Waals surface area (Å²) in [7, 11) is 0. The zero-order chi connectivity index (χ0) is 14.2. The molecule has 0 fully saturated rings. The number of aryl methyl sites for hydroxylation is 1. The van der Waals surface area contributed by atoms with Crippen LogP contribution in [0.25, 0.3) is 10.2 Å². The Morgan fingerprint density at radius 2 is 2.26 bits per heavy atom. The van der Waals surface area contributed by atoms with Gasteiger partial charge in [0.05, 0.1) is 11.7 Å². The van der Waals surface area contributed by atoms with E-state index in [1.807, 2.05) is 6.92 Å². The molecule has 2 aromatic heterocycles. The van der Waals surface area contributed by atoms with Gasteiger partial charge in [0.2, 0.25) is 0 Å². The van der Waals surface area contributed by atoms with Crippen LogP contribution in [0.1, 0.15) is 28.6 Å². The Morgan fingerprint density at radius 1 is 1.58 bits per heavy atom. The second-order valence-corrected chi connectivity index (χ2v) is 5.32. The number of rotatable bonds is 4. The van der Waals surface area contributed by atoms with E-state index in [1.54, 1.807) is 6.92 Å². The lowest BCUT2D eigenvalue weighted by molar-refractivity contribution is 0.0701. The lowest BCUT2D eigenvalue weighted by atomic mass is 10.2. The van der Waals surface area contributed by atoms with Crippen LogP contribution >= 0.6 is 11.3 Å². The number of fused-ring (bicyclic) bond motifs is 1. The molecule has 5 nitrogen and oxygen atoms in total. The van der Waals surface area contributed by atoms with Crippen molar-refractivity contribution in [2.24, 2.45) is 0 Å². The summed E-state index contributed by atoms with van der Waals surface area (Å²) >= 11 is 1.03. The number of thiophene rings is 1. The third-order valence-corrected chi connectivity index (χ3v) is 4.19. The zero-order valence-electron chi connectivity index (χ0n) is 10.8. The molecule has 6 heteroatoms. The fourth-order valence-corrected chi connectivity index (χ4v) is 2.81. The maximum absolute atomic E-state index is 12.3. The number of aromatic nitrogens is 2.